The fourth-order valence-corrected chi connectivity index (χ4v) is 3.03. The smallest absolute Gasteiger partial charge is 0.148 e. The number of nitrogens with zero attached hydrogens (tertiary/aromatic N) is 2. The molecule has 4 N–H and O–H groups in total. The van der Waals surface area contributed by atoms with E-state index in [1.165, 1.54) is 19.3 Å². The Hall–Kier alpha value is -1.23. The standard InChI is InChI=1S/C14H26N4O/c1-3-18-14(13(15)10(2)17-18)16-8-11-6-4-5-7-12(11)9-19/h11-12,16,19H,3-9,15H2,1-2H3. The number of aryl methyl sites for hydroxylation is 2. The van der Waals surface area contributed by atoms with Gasteiger partial charge in [-0.25, -0.2) is 4.68 Å². The van der Waals surface area contributed by atoms with Crippen molar-refractivity contribution in [1.82, 2.24) is 9.78 Å². The third kappa shape index (κ3) is 3.03. The third-order valence-electron chi connectivity index (χ3n) is 4.31. The van der Waals surface area contributed by atoms with Gasteiger partial charge in [-0.3, -0.25) is 0 Å². The molecule has 5 nitrogen and oxygen atoms in total. The van der Waals surface area contributed by atoms with E-state index in [1.54, 1.807) is 0 Å². The van der Waals surface area contributed by atoms with Crippen molar-refractivity contribution in [3.05, 3.63) is 5.69 Å². The van der Waals surface area contributed by atoms with Crippen LogP contribution in [0.4, 0.5) is 11.5 Å². The van der Waals surface area contributed by atoms with E-state index in [9.17, 15) is 5.11 Å². The monoisotopic (exact) mass is 266 g/mol. The highest BCUT2D eigenvalue weighted by Gasteiger charge is 2.25. The maximum Gasteiger partial charge on any atom is 0.148 e. The molecule has 0 amide bonds. The first-order valence-electron chi connectivity index (χ1n) is 7.35. The molecule has 1 saturated carbocycles. The molecule has 0 saturated heterocycles. The average Bonchev–Trinajstić information content (AvgIpc) is 2.72. The predicted molar refractivity (Wildman–Crippen MR) is 78.1 cm³/mol. The Balaban J connectivity index is 2.01. The zero-order valence-electron chi connectivity index (χ0n) is 12.0. The van der Waals surface area contributed by atoms with Crippen LogP contribution in [0.15, 0.2) is 0 Å². The van der Waals surface area contributed by atoms with E-state index in [1.807, 2.05) is 11.6 Å². The Morgan fingerprint density at radius 1 is 1.37 bits per heavy atom. The maximum atomic E-state index is 9.45. The van der Waals surface area contributed by atoms with Crippen LogP contribution in [0.3, 0.4) is 0 Å². The van der Waals surface area contributed by atoms with Crippen LogP contribution in [0.25, 0.3) is 0 Å². The van der Waals surface area contributed by atoms with Gasteiger partial charge in [0.25, 0.3) is 0 Å². The number of hydrogen-bond donors (Lipinski definition) is 3. The summed E-state index contributed by atoms with van der Waals surface area (Å²) in [6, 6.07) is 0. The van der Waals surface area contributed by atoms with Crippen LogP contribution >= 0.6 is 0 Å². The van der Waals surface area contributed by atoms with E-state index in [0.29, 0.717) is 18.4 Å². The Labute approximate surface area is 115 Å². The first-order chi connectivity index (χ1) is 9.17. The first-order valence-corrected chi connectivity index (χ1v) is 7.35. The number of aliphatic hydroxyl groups excluding tert-OH is 1. The minimum absolute atomic E-state index is 0.300. The lowest BCUT2D eigenvalue weighted by atomic mass is 9.79. The van der Waals surface area contributed by atoms with E-state index in [-0.39, 0.29) is 0 Å². The van der Waals surface area contributed by atoms with E-state index < -0.39 is 0 Å². The van der Waals surface area contributed by atoms with Crippen molar-refractivity contribution in [1.29, 1.82) is 0 Å². The van der Waals surface area contributed by atoms with E-state index >= 15 is 0 Å². The molecular weight excluding hydrogens is 240 g/mol. The number of nitrogens with one attached hydrogen (secondary N) is 1. The Kier molecular flexibility index (Phi) is 4.69. The van der Waals surface area contributed by atoms with Crippen LogP contribution in [-0.4, -0.2) is 28.0 Å². The zero-order valence-corrected chi connectivity index (χ0v) is 12.0. The summed E-state index contributed by atoms with van der Waals surface area (Å²) in [5.41, 5.74) is 7.70. The molecule has 0 spiro atoms. The second-order valence-corrected chi connectivity index (χ2v) is 5.53. The van der Waals surface area contributed by atoms with Gasteiger partial charge in [-0.2, -0.15) is 5.10 Å². The van der Waals surface area contributed by atoms with Crippen LogP contribution in [0, 0.1) is 18.8 Å². The molecule has 1 aliphatic carbocycles. The minimum Gasteiger partial charge on any atom is -0.396 e. The van der Waals surface area contributed by atoms with E-state index in [0.717, 1.165) is 36.7 Å². The topological polar surface area (TPSA) is 76.1 Å². The van der Waals surface area contributed by atoms with Gasteiger partial charge in [0, 0.05) is 19.7 Å². The fraction of sp³-hybridized carbons (Fsp3) is 0.786. The summed E-state index contributed by atoms with van der Waals surface area (Å²) in [6.07, 6.45) is 4.85. The number of aromatic nitrogens is 2. The molecule has 1 heterocycles. The predicted octanol–water partition coefficient (Wildman–Crippen LogP) is 2.00. The summed E-state index contributed by atoms with van der Waals surface area (Å²) in [7, 11) is 0. The van der Waals surface area contributed by atoms with Crippen molar-refractivity contribution in [3.8, 4) is 0 Å². The van der Waals surface area contributed by atoms with Crippen LogP contribution in [0.2, 0.25) is 0 Å². The third-order valence-corrected chi connectivity index (χ3v) is 4.31. The molecule has 0 radical (unpaired) electrons. The van der Waals surface area contributed by atoms with E-state index in [4.69, 9.17) is 5.73 Å². The van der Waals surface area contributed by atoms with Crippen LogP contribution in [-0.2, 0) is 6.54 Å². The van der Waals surface area contributed by atoms with Gasteiger partial charge in [0.1, 0.15) is 5.82 Å². The largest absolute Gasteiger partial charge is 0.396 e. The number of nitrogen functional groups attached to an aromatic ring is 1. The fourth-order valence-electron chi connectivity index (χ4n) is 3.03. The lowest BCUT2D eigenvalue weighted by molar-refractivity contribution is 0.141. The van der Waals surface area contributed by atoms with E-state index in [2.05, 4.69) is 17.3 Å². The molecule has 1 aromatic rings. The van der Waals surface area contributed by atoms with Gasteiger partial charge in [0.05, 0.1) is 11.4 Å². The quantitative estimate of drug-likeness (QED) is 0.762. The van der Waals surface area contributed by atoms with Gasteiger partial charge >= 0.3 is 0 Å². The van der Waals surface area contributed by atoms with Gasteiger partial charge in [0.2, 0.25) is 0 Å². The lowest BCUT2D eigenvalue weighted by Crippen LogP contribution is -2.29. The normalized spacial score (nSPS) is 23.5. The summed E-state index contributed by atoms with van der Waals surface area (Å²) in [4.78, 5) is 0. The van der Waals surface area contributed by atoms with Gasteiger partial charge in [0.15, 0.2) is 0 Å². The Bertz CT molecular complexity index is 416. The number of hydrogen-bond acceptors (Lipinski definition) is 4. The molecule has 19 heavy (non-hydrogen) atoms. The Morgan fingerprint density at radius 3 is 2.68 bits per heavy atom. The minimum atomic E-state index is 0.300. The second-order valence-electron chi connectivity index (χ2n) is 5.53. The van der Waals surface area contributed by atoms with Crippen molar-refractivity contribution in [2.24, 2.45) is 11.8 Å². The van der Waals surface area contributed by atoms with Crippen LogP contribution in [0.5, 0.6) is 0 Å². The highest BCUT2D eigenvalue weighted by atomic mass is 16.3. The summed E-state index contributed by atoms with van der Waals surface area (Å²) >= 11 is 0. The SMILES string of the molecule is CCn1nc(C)c(N)c1NCC1CCCCC1CO. The summed E-state index contributed by atoms with van der Waals surface area (Å²) in [5, 5.41) is 17.3. The van der Waals surface area contributed by atoms with Gasteiger partial charge < -0.3 is 16.2 Å². The highest BCUT2D eigenvalue weighted by Crippen LogP contribution is 2.31. The van der Waals surface area contributed by atoms with Gasteiger partial charge in [-0.05, 0) is 38.5 Å². The first kappa shape index (κ1) is 14.2. The number of rotatable bonds is 5. The molecule has 1 aliphatic rings. The summed E-state index contributed by atoms with van der Waals surface area (Å²) in [6.45, 7) is 5.99. The molecular formula is C14H26N4O. The van der Waals surface area contributed by atoms with Crippen molar-refractivity contribution in [2.45, 2.75) is 46.1 Å². The number of nitrogens with two attached hydrogens (primary N) is 1. The molecule has 1 fully saturated rings. The molecule has 0 aliphatic heterocycles. The summed E-state index contributed by atoms with van der Waals surface area (Å²) < 4.78 is 1.92. The number of anilines is 2. The molecule has 0 bridgehead atoms. The second kappa shape index (κ2) is 6.28. The molecule has 2 rings (SSSR count). The van der Waals surface area contributed by atoms with Crippen molar-refractivity contribution < 1.29 is 5.11 Å². The average molecular weight is 266 g/mol. The highest BCUT2D eigenvalue weighted by molar-refractivity contribution is 5.64. The van der Waals surface area contributed by atoms with Crippen LogP contribution in [0.1, 0.15) is 38.3 Å². The molecule has 2 unspecified atom stereocenters. The zero-order chi connectivity index (χ0) is 13.8. The molecule has 1 aromatic heterocycles. The molecule has 0 aromatic carbocycles. The summed E-state index contributed by atoms with van der Waals surface area (Å²) in [5.74, 6) is 1.91. The van der Waals surface area contributed by atoms with Crippen LogP contribution < -0.4 is 11.1 Å². The van der Waals surface area contributed by atoms with Crippen molar-refractivity contribution in [3.63, 3.8) is 0 Å². The van der Waals surface area contributed by atoms with Gasteiger partial charge in [-0.15, -0.1) is 0 Å². The Morgan fingerprint density at radius 2 is 2.05 bits per heavy atom. The molecule has 2 atom stereocenters. The molecule has 5 heteroatoms. The number of aliphatic hydroxyl groups is 1. The van der Waals surface area contributed by atoms with Crippen molar-refractivity contribution >= 4 is 11.5 Å². The molecule has 108 valence electrons. The lowest BCUT2D eigenvalue weighted by Gasteiger charge is -2.30. The maximum absolute atomic E-state index is 9.45. The van der Waals surface area contributed by atoms with Gasteiger partial charge in [-0.1, -0.05) is 12.8 Å². The van der Waals surface area contributed by atoms with Crippen molar-refractivity contribution in [2.75, 3.05) is 24.2 Å².